The van der Waals surface area contributed by atoms with Crippen LogP contribution < -0.4 is 0 Å². The molecule has 30 heavy (non-hydrogen) atoms. The Bertz CT molecular complexity index is 1340. The van der Waals surface area contributed by atoms with E-state index in [9.17, 15) is 18.3 Å². The molecule has 0 fully saturated rings. The van der Waals surface area contributed by atoms with Crippen LogP contribution in [-0.2, 0) is 21.2 Å². The van der Waals surface area contributed by atoms with Gasteiger partial charge in [0.2, 0.25) is 0 Å². The standard InChI is InChI=1S/C22H19NO4S3/c1-14-22(29-17-4-6-18(7-5-17)30(2,26)27)19-11-15(16-9-10-28-13-16)3-8-20(19)23(14)12-21(24)25/h3-11,13H,12H2,1-2H3,(H,24,25). The van der Waals surface area contributed by atoms with Crippen molar-refractivity contribution >= 4 is 49.8 Å². The zero-order chi connectivity index (χ0) is 21.5. The minimum atomic E-state index is -3.25. The highest BCUT2D eigenvalue weighted by Crippen LogP contribution is 2.40. The summed E-state index contributed by atoms with van der Waals surface area (Å²) in [5.41, 5.74) is 3.93. The minimum Gasteiger partial charge on any atom is -0.480 e. The number of carboxylic acids is 1. The van der Waals surface area contributed by atoms with Gasteiger partial charge in [-0.3, -0.25) is 4.79 Å². The minimum absolute atomic E-state index is 0.117. The SMILES string of the molecule is Cc1c(Sc2ccc(S(C)(=O)=O)cc2)c2cc(-c3ccsc3)ccc2n1CC(=O)O. The molecule has 0 saturated heterocycles. The molecule has 0 amide bonds. The van der Waals surface area contributed by atoms with E-state index in [0.717, 1.165) is 37.5 Å². The highest BCUT2D eigenvalue weighted by atomic mass is 32.2. The lowest BCUT2D eigenvalue weighted by Gasteiger charge is -2.06. The number of carbonyl (C=O) groups is 1. The monoisotopic (exact) mass is 457 g/mol. The van der Waals surface area contributed by atoms with Crippen LogP contribution >= 0.6 is 23.1 Å². The Hall–Kier alpha value is -2.55. The van der Waals surface area contributed by atoms with Gasteiger partial charge >= 0.3 is 5.97 Å². The van der Waals surface area contributed by atoms with E-state index in [-0.39, 0.29) is 11.4 Å². The van der Waals surface area contributed by atoms with Crippen molar-refractivity contribution in [2.75, 3.05) is 6.26 Å². The van der Waals surface area contributed by atoms with Crippen LogP contribution in [0.1, 0.15) is 5.69 Å². The van der Waals surface area contributed by atoms with Crippen LogP contribution in [0.3, 0.4) is 0 Å². The summed E-state index contributed by atoms with van der Waals surface area (Å²) in [7, 11) is -3.25. The molecule has 0 saturated carbocycles. The molecule has 0 aliphatic rings. The first kappa shape index (κ1) is 20.7. The maximum absolute atomic E-state index is 11.7. The van der Waals surface area contributed by atoms with Gasteiger partial charge in [-0.1, -0.05) is 17.8 Å². The van der Waals surface area contributed by atoms with Crippen molar-refractivity contribution in [1.29, 1.82) is 0 Å². The van der Waals surface area contributed by atoms with Crippen molar-refractivity contribution in [2.45, 2.75) is 28.2 Å². The number of rotatable bonds is 6. The van der Waals surface area contributed by atoms with Crippen LogP contribution in [0.2, 0.25) is 0 Å². The van der Waals surface area contributed by atoms with Crippen LogP contribution in [-0.4, -0.2) is 30.3 Å². The summed E-state index contributed by atoms with van der Waals surface area (Å²) < 4.78 is 25.3. The predicted octanol–water partition coefficient (Wildman–Crippen LogP) is 5.32. The molecule has 0 spiro atoms. The van der Waals surface area contributed by atoms with E-state index in [4.69, 9.17) is 0 Å². The van der Waals surface area contributed by atoms with Gasteiger partial charge in [0.25, 0.3) is 0 Å². The van der Waals surface area contributed by atoms with E-state index >= 15 is 0 Å². The quantitative estimate of drug-likeness (QED) is 0.424. The van der Waals surface area contributed by atoms with E-state index in [1.54, 1.807) is 35.6 Å². The summed E-state index contributed by atoms with van der Waals surface area (Å²) in [5.74, 6) is -0.897. The first-order chi connectivity index (χ1) is 14.2. The van der Waals surface area contributed by atoms with Gasteiger partial charge in [0.15, 0.2) is 9.84 Å². The van der Waals surface area contributed by atoms with Crippen LogP contribution in [0.5, 0.6) is 0 Å². The third kappa shape index (κ3) is 4.03. The summed E-state index contributed by atoms with van der Waals surface area (Å²) in [4.78, 5) is 13.6. The van der Waals surface area contributed by atoms with Gasteiger partial charge in [0.05, 0.1) is 4.90 Å². The number of hydrogen-bond donors (Lipinski definition) is 1. The summed E-state index contributed by atoms with van der Waals surface area (Å²) >= 11 is 3.14. The molecule has 1 N–H and O–H groups in total. The van der Waals surface area contributed by atoms with E-state index in [2.05, 4.69) is 17.5 Å². The summed E-state index contributed by atoms with van der Waals surface area (Å²) in [6.07, 6.45) is 1.19. The Morgan fingerprint density at radius 3 is 2.43 bits per heavy atom. The second kappa shape index (κ2) is 7.94. The van der Waals surface area contributed by atoms with Gasteiger partial charge in [0, 0.05) is 32.6 Å². The second-order valence-electron chi connectivity index (χ2n) is 6.98. The van der Waals surface area contributed by atoms with E-state index < -0.39 is 15.8 Å². The molecular weight excluding hydrogens is 438 g/mol. The molecule has 0 radical (unpaired) electrons. The normalized spacial score (nSPS) is 11.8. The average molecular weight is 458 g/mol. The van der Waals surface area contributed by atoms with Crippen LogP contribution in [0.25, 0.3) is 22.0 Å². The fourth-order valence-electron chi connectivity index (χ4n) is 3.40. The number of thiophene rings is 1. The number of hydrogen-bond acceptors (Lipinski definition) is 5. The first-order valence-corrected chi connectivity index (χ1v) is 12.7. The van der Waals surface area contributed by atoms with Crippen molar-refractivity contribution in [3.8, 4) is 11.1 Å². The number of aromatic nitrogens is 1. The summed E-state index contributed by atoms with van der Waals surface area (Å²) in [6, 6.07) is 14.9. The van der Waals surface area contributed by atoms with Crippen LogP contribution in [0.4, 0.5) is 0 Å². The smallest absolute Gasteiger partial charge is 0.323 e. The third-order valence-electron chi connectivity index (χ3n) is 4.89. The maximum atomic E-state index is 11.7. The second-order valence-corrected chi connectivity index (χ2v) is 10.9. The molecule has 0 unspecified atom stereocenters. The maximum Gasteiger partial charge on any atom is 0.323 e. The van der Waals surface area contributed by atoms with Gasteiger partial charge in [-0.15, -0.1) is 0 Å². The Balaban J connectivity index is 1.83. The van der Waals surface area contributed by atoms with Crippen molar-refractivity contribution in [3.05, 3.63) is 65.0 Å². The zero-order valence-corrected chi connectivity index (χ0v) is 18.8. The van der Waals surface area contributed by atoms with Gasteiger partial charge in [-0.25, -0.2) is 8.42 Å². The van der Waals surface area contributed by atoms with Crippen molar-refractivity contribution < 1.29 is 18.3 Å². The summed E-state index contributed by atoms with van der Waals surface area (Å²) in [5, 5.41) is 14.5. The largest absolute Gasteiger partial charge is 0.480 e. The van der Waals surface area contributed by atoms with Crippen molar-refractivity contribution in [1.82, 2.24) is 4.57 Å². The molecule has 2 aromatic heterocycles. The molecule has 4 aromatic rings. The molecule has 4 rings (SSSR count). The number of nitrogens with zero attached hydrogens (tertiary/aromatic N) is 1. The zero-order valence-electron chi connectivity index (χ0n) is 16.3. The Morgan fingerprint density at radius 1 is 1.10 bits per heavy atom. The first-order valence-electron chi connectivity index (χ1n) is 9.09. The van der Waals surface area contributed by atoms with E-state index in [1.807, 2.05) is 29.0 Å². The molecular formula is C22H19NO4S3. The molecule has 0 aliphatic carbocycles. The number of fused-ring (bicyclic) bond motifs is 1. The third-order valence-corrected chi connectivity index (χ3v) is 7.92. The molecule has 154 valence electrons. The molecule has 0 bridgehead atoms. The molecule has 5 nitrogen and oxygen atoms in total. The fourth-order valence-corrected chi connectivity index (χ4v) is 5.73. The molecule has 0 atom stereocenters. The lowest BCUT2D eigenvalue weighted by molar-refractivity contribution is -0.137. The van der Waals surface area contributed by atoms with Crippen LogP contribution in [0, 0.1) is 6.92 Å². The van der Waals surface area contributed by atoms with E-state index in [0.29, 0.717) is 0 Å². The van der Waals surface area contributed by atoms with Gasteiger partial charge < -0.3 is 9.67 Å². The molecule has 8 heteroatoms. The van der Waals surface area contributed by atoms with Gasteiger partial charge in [0.1, 0.15) is 6.54 Å². The number of sulfone groups is 1. The topological polar surface area (TPSA) is 76.4 Å². The number of aliphatic carboxylic acids is 1. The van der Waals surface area contributed by atoms with Crippen molar-refractivity contribution in [2.24, 2.45) is 0 Å². The fraction of sp³-hybridized carbons (Fsp3) is 0.136. The lowest BCUT2D eigenvalue weighted by atomic mass is 10.1. The van der Waals surface area contributed by atoms with Gasteiger partial charge in [-0.2, -0.15) is 11.3 Å². The molecule has 2 aromatic carbocycles. The van der Waals surface area contributed by atoms with E-state index in [1.165, 1.54) is 18.0 Å². The Morgan fingerprint density at radius 2 is 1.83 bits per heavy atom. The van der Waals surface area contributed by atoms with Crippen LogP contribution in [0.15, 0.2) is 74.0 Å². The van der Waals surface area contributed by atoms with Crippen molar-refractivity contribution in [3.63, 3.8) is 0 Å². The number of benzene rings is 2. The highest BCUT2D eigenvalue weighted by molar-refractivity contribution is 7.99. The Labute approximate surface area is 182 Å². The Kier molecular flexibility index (Phi) is 5.48. The van der Waals surface area contributed by atoms with Gasteiger partial charge in [-0.05, 0) is 71.3 Å². The average Bonchev–Trinajstić information content (AvgIpc) is 3.31. The summed E-state index contributed by atoms with van der Waals surface area (Å²) in [6.45, 7) is 1.80. The highest BCUT2D eigenvalue weighted by Gasteiger charge is 2.18. The predicted molar refractivity (Wildman–Crippen MR) is 121 cm³/mol. The lowest BCUT2D eigenvalue weighted by Crippen LogP contribution is -2.09. The number of carboxylic acid groups (broad SMARTS) is 1. The molecule has 2 heterocycles. The molecule has 0 aliphatic heterocycles.